The maximum Gasteiger partial charge on any atom is 0.127 e. The first kappa shape index (κ1) is 16.0. The lowest BCUT2D eigenvalue weighted by Gasteiger charge is -2.18. The largest absolute Gasteiger partial charge is 0.316 e. The van der Waals surface area contributed by atoms with Gasteiger partial charge in [0, 0.05) is 16.6 Å². The Labute approximate surface area is 131 Å². The van der Waals surface area contributed by atoms with Gasteiger partial charge in [-0.15, -0.1) is 0 Å². The number of hydrogen-bond donors (Lipinski definition) is 1. The standard InChI is InChI=1S/C18H21ClFN/c1-12-7-13(2)9-14(8-12)10-15(21-3)11-16-17(19)5-4-6-18(16)20/h4-9,15,21H,10-11H2,1-3H3. The van der Waals surface area contributed by atoms with E-state index in [1.165, 1.54) is 22.8 Å². The molecule has 0 aliphatic carbocycles. The van der Waals surface area contributed by atoms with E-state index in [0.29, 0.717) is 17.0 Å². The molecule has 0 aromatic heterocycles. The predicted molar refractivity (Wildman–Crippen MR) is 87.6 cm³/mol. The maximum atomic E-state index is 13.9. The number of likely N-dealkylation sites (N-methyl/N-ethyl adjacent to an activating group) is 1. The summed E-state index contributed by atoms with van der Waals surface area (Å²) in [6.45, 7) is 4.19. The second-order valence-corrected chi connectivity index (χ2v) is 6.00. The molecule has 0 spiro atoms. The van der Waals surface area contributed by atoms with Crippen LogP contribution in [-0.2, 0) is 12.8 Å². The molecule has 0 saturated heterocycles. The zero-order valence-electron chi connectivity index (χ0n) is 12.7. The lowest BCUT2D eigenvalue weighted by atomic mass is 9.96. The molecular formula is C18H21ClFN. The van der Waals surface area contributed by atoms with E-state index in [0.717, 1.165) is 6.42 Å². The molecule has 0 amide bonds. The third kappa shape index (κ3) is 4.29. The number of nitrogens with one attached hydrogen (secondary N) is 1. The molecule has 1 unspecified atom stereocenters. The van der Waals surface area contributed by atoms with Crippen molar-refractivity contribution in [1.29, 1.82) is 0 Å². The molecule has 0 saturated carbocycles. The molecule has 0 fully saturated rings. The molecule has 0 aliphatic rings. The van der Waals surface area contributed by atoms with Crippen LogP contribution in [-0.4, -0.2) is 13.1 Å². The normalized spacial score (nSPS) is 12.4. The first-order valence-electron chi connectivity index (χ1n) is 7.17. The summed E-state index contributed by atoms with van der Waals surface area (Å²) in [5.41, 5.74) is 4.36. The van der Waals surface area contributed by atoms with Gasteiger partial charge in [-0.1, -0.05) is 47.0 Å². The van der Waals surface area contributed by atoms with E-state index in [1.54, 1.807) is 12.1 Å². The third-order valence-corrected chi connectivity index (χ3v) is 4.04. The van der Waals surface area contributed by atoms with Crippen LogP contribution in [0.15, 0.2) is 36.4 Å². The minimum Gasteiger partial charge on any atom is -0.316 e. The number of aryl methyl sites for hydroxylation is 2. The smallest absolute Gasteiger partial charge is 0.127 e. The first-order valence-corrected chi connectivity index (χ1v) is 7.54. The Kier molecular flexibility index (Phi) is 5.38. The highest BCUT2D eigenvalue weighted by atomic mass is 35.5. The molecule has 1 N–H and O–H groups in total. The summed E-state index contributed by atoms with van der Waals surface area (Å²) >= 11 is 6.12. The maximum absolute atomic E-state index is 13.9. The predicted octanol–water partition coefficient (Wildman–Crippen LogP) is 4.47. The van der Waals surface area contributed by atoms with Gasteiger partial charge in [0.1, 0.15) is 5.82 Å². The van der Waals surface area contributed by atoms with Crippen molar-refractivity contribution in [2.75, 3.05) is 7.05 Å². The summed E-state index contributed by atoms with van der Waals surface area (Å²) < 4.78 is 13.9. The van der Waals surface area contributed by atoms with Gasteiger partial charge in [-0.3, -0.25) is 0 Å². The quantitative estimate of drug-likeness (QED) is 0.859. The van der Waals surface area contributed by atoms with Crippen LogP contribution >= 0.6 is 11.6 Å². The summed E-state index contributed by atoms with van der Waals surface area (Å²) in [4.78, 5) is 0. The van der Waals surface area contributed by atoms with Crippen LogP contribution in [0.5, 0.6) is 0 Å². The van der Waals surface area contributed by atoms with Crippen molar-refractivity contribution < 1.29 is 4.39 Å². The Bertz CT molecular complexity index is 584. The molecule has 0 radical (unpaired) electrons. The highest BCUT2D eigenvalue weighted by molar-refractivity contribution is 6.31. The summed E-state index contributed by atoms with van der Waals surface area (Å²) in [7, 11) is 1.90. The van der Waals surface area contributed by atoms with Crippen molar-refractivity contribution in [2.45, 2.75) is 32.7 Å². The number of halogens is 2. The first-order chi connectivity index (χ1) is 9.99. The molecule has 2 aromatic rings. The Morgan fingerprint density at radius 3 is 2.33 bits per heavy atom. The van der Waals surface area contributed by atoms with Crippen molar-refractivity contribution in [2.24, 2.45) is 0 Å². The summed E-state index contributed by atoms with van der Waals surface area (Å²) in [5.74, 6) is -0.233. The Balaban J connectivity index is 2.17. The van der Waals surface area contributed by atoms with Crippen LogP contribution in [0, 0.1) is 19.7 Å². The Morgan fingerprint density at radius 2 is 1.76 bits per heavy atom. The van der Waals surface area contributed by atoms with Crippen LogP contribution in [0.25, 0.3) is 0 Å². The van der Waals surface area contributed by atoms with Crippen molar-refractivity contribution in [3.8, 4) is 0 Å². The van der Waals surface area contributed by atoms with E-state index in [-0.39, 0.29) is 11.9 Å². The fourth-order valence-corrected chi connectivity index (χ4v) is 2.96. The lowest BCUT2D eigenvalue weighted by Crippen LogP contribution is -2.30. The molecule has 112 valence electrons. The Morgan fingerprint density at radius 1 is 1.10 bits per heavy atom. The van der Waals surface area contributed by atoms with E-state index in [9.17, 15) is 4.39 Å². The van der Waals surface area contributed by atoms with E-state index >= 15 is 0 Å². The second kappa shape index (κ2) is 7.06. The van der Waals surface area contributed by atoms with Crippen LogP contribution < -0.4 is 5.32 Å². The van der Waals surface area contributed by atoms with Crippen LogP contribution in [0.4, 0.5) is 4.39 Å². The van der Waals surface area contributed by atoms with Gasteiger partial charge in [0.05, 0.1) is 0 Å². The topological polar surface area (TPSA) is 12.0 Å². The van der Waals surface area contributed by atoms with E-state index < -0.39 is 0 Å². The number of hydrogen-bond acceptors (Lipinski definition) is 1. The average Bonchev–Trinajstić information content (AvgIpc) is 2.40. The lowest BCUT2D eigenvalue weighted by molar-refractivity contribution is 0.532. The average molecular weight is 306 g/mol. The molecular weight excluding hydrogens is 285 g/mol. The number of rotatable bonds is 5. The summed E-state index contributed by atoms with van der Waals surface area (Å²) in [5, 5.41) is 3.76. The van der Waals surface area contributed by atoms with Gasteiger partial charge in [-0.05, 0) is 51.4 Å². The highest BCUT2D eigenvalue weighted by Crippen LogP contribution is 2.22. The van der Waals surface area contributed by atoms with Crippen LogP contribution in [0.2, 0.25) is 5.02 Å². The van der Waals surface area contributed by atoms with Gasteiger partial charge in [0.15, 0.2) is 0 Å². The fourth-order valence-electron chi connectivity index (χ4n) is 2.72. The molecule has 2 rings (SSSR count). The van der Waals surface area contributed by atoms with Gasteiger partial charge >= 0.3 is 0 Å². The molecule has 0 heterocycles. The number of benzene rings is 2. The zero-order valence-corrected chi connectivity index (χ0v) is 13.5. The van der Waals surface area contributed by atoms with Gasteiger partial charge in [-0.25, -0.2) is 4.39 Å². The SMILES string of the molecule is CNC(Cc1cc(C)cc(C)c1)Cc1c(F)cccc1Cl. The van der Waals surface area contributed by atoms with E-state index in [2.05, 4.69) is 37.4 Å². The minimum atomic E-state index is -0.233. The monoisotopic (exact) mass is 305 g/mol. The highest BCUT2D eigenvalue weighted by Gasteiger charge is 2.14. The molecule has 3 heteroatoms. The molecule has 0 bridgehead atoms. The molecule has 2 aromatic carbocycles. The molecule has 1 nitrogen and oxygen atoms in total. The van der Waals surface area contributed by atoms with Gasteiger partial charge < -0.3 is 5.32 Å². The zero-order chi connectivity index (χ0) is 15.4. The Hall–Kier alpha value is -1.38. The van der Waals surface area contributed by atoms with Crippen LogP contribution in [0.1, 0.15) is 22.3 Å². The third-order valence-electron chi connectivity index (χ3n) is 3.68. The molecule has 0 aliphatic heterocycles. The van der Waals surface area contributed by atoms with Crippen molar-refractivity contribution >= 4 is 11.6 Å². The van der Waals surface area contributed by atoms with Gasteiger partial charge in [0.2, 0.25) is 0 Å². The summed E-state index contributed by atoms with van der Waals surface area (Å²) in [6.07, 6.45) is 1.43. The fraction of sp³-hybridized carbons (Fsp3) is 0.333. The van der Waals surface area contributed by atoms with Crippen molar-refractivity contribution in [3.63, 3.8) is 0 Å². The van der Waals surface area contributed by atoms with E-state index in [4.69, 9.17) is 11.6 Å². The summed E-state index contributed by atoms with van der Waals surface area (Å²) in [6, 6.07) is 11.5. The van der Waals surface area contributed by atoms with Gasteiger partial charge in [-0.2, -0.15) is 0 Å². The molecule has 21 heavy (non-hydrogen) atoms. The molecule has 1 atom stereocenters. The van der Waals surface area contributed by atoms with Crippen LogP contribution in [0.3, 0.4) is 0 Å². The minimum absolute atomic E-state index is 0.153. The second-order valence-electron chi connectivity index (χ2n) is 5.59. The van der Waals surface area contributed by atoms with Crippen molar-refractivity contribution in [3.05, 3.63) is 69.5 Å². The van der Waals surface area contributed by atoms with Crippen molar-refractivity contribution in [1.82, 2.24) is 5.32 Å². The van der Waals surface area contributed by atoms with Gasteiger partial charge in [0.25, 0.3) is 0 Å². The van der Waals surface area contributed by atoms with E-state index in [1.807, 2.05) is 7.05 Å².